The third-order valence-corrected chi connectivity index (χ3v) is 3.06. The van der Waals surface area contributed by atoms with E-state index in [4.69, 9.17) is 0 Å². The van der Waals surface area contributed by atoms with Crippen LogP contribution in [-0.4, -0.2) is 36.1 Å². The van der Waals surface area contributed by atoms with Gasteiger partial charge in [0.15, 0.2) is 0 Å². The van der Waals surface area contributed by atoms with Crippen LogP contribution in [0.5, 0.6) is 0 Å². The van der Waals surface area contributed by atoms with Crippen molar-refractivity contribution in [2.24, 2.45) is 4.99 Å². The lowest BCUT2D eigenvalue weighted by atomic mass is 10.1. The Labute approximate surface area is 123 Å². The largest absolute Gasteiger partial charge is 0.369 e. The van der Waals surface area contributed by atoms with E-state index in [1.807, 2.05) is 51.0 Å². The van der Waals surface area contributed by atoms with E-state index in [0.717, 1.165) is 0 Å². The van der Waals surface area contributed by atoms with Gasteiger partial charge in [-0.05, 0) is 0 Å². The Kier molecular flexibility index (Phi) is 6.59. The predicted molar refractivity (Wildman–Crippen MR) is 85.2 cm³/mol. The van der Waals surface area contributed by atoms with Crippen LogP contribution >= 0.6 is 11.3 Å². The first-order valence-corrected chi connectivity index (χ1v) is 7.24. The number of nitrogens with zero attached hydrogens (tertiary/aromatic N) is 3. The topological polar surface area (TPSA) is 45.6 Å². The van der Waals surface area contributed by atoms with E-state index in [2.05, 4.69) is 9.98 Å². The summed E-state index contributed by atoms with van der Waals surface area (Å²) in [6.45, 7) is 4.00. The number of carbonyl (C=O) groups is 1. The molecule has 0 N–H and O–H groups in total. The minimum absolute atomic E-state index is 0.0144. The standard InChI is InChI=1S/C13H13N3OS.C2H6/c1-16(2)9-15-13-14-8-11(18-13)12(17)10-6-4-3-5-7-10;1-2/h3-9H,1-2H3;1-2H3. The molecule has 0 fully saturated rings. The van der Waals surface area contributed by atoms with Crippen LogP contribution in [-0.2, 0) is 0 Å². The van der Waals surface area contributed by atoms with E-state index in [9.17, 15) is 4.79 Å². The highest BCUT2D eigenvalue weighted by Crippen LogP contribution is 2.23. The lowest BCUT2D eigenvalue weighted by molar-refractivity contribution is 0.104. The highest BCUT2D eigenvalue weighted by molar-refractivity contribution is 7.17. The zero-order valence-electron chi connectivity index (χ0n) is 12.2. The van der Waals surface area contributed by atoms with Crippen molar-refractivity contribution in [2.45, 2.75) is 13.8 Å². The van der Waals surface area contributed by atoms with Crippen molar-refractivity contribution in [2.75, 3.05) is 14.1 Å². The monoisotopic (exact) mass is 289 g/mol. The molecule has 0 aliphatic rings. The number of carbonyl (C=O) groups excluding carboxylic acids is 1. The molecule has 0 saturated heterocycles. The molecule has 0 radical (unpaired) electrons. The lowest BCUT2D eigenvalue weighted by Crippen LogP contribution is -2.06. The fourth-order valence-corrected chi connectivity index (χ4v) is 2.04. The van der Waals surface area contributed by atoms with E-state index in [1.54, 1.807) is 24.7 Å². The Hall–Kier alpha value is -2.01. The molecule has 0 aliphatic carbocycles. The maximum atomic E-state index is 12.1. The first kappa shape index (κ1) is 16.0. The molecule has 106 valence electrons. The van der Waals surface area contributed by atoms with E-state index in [1.165, 1.54) is 11.3 Å². The van der Waals surface area contributed by atoms with Gasteiger partial charge in [-0.3, -0.25) is 4.79 Å². The van der Waals surface area contributed by atoms with Crippen LogP contribution in [0.15, 0.2) is 41.5 Å². The predicted octanol–water partition coefficient (Wildman–Crippen LogP) is 3.62. The number of ketones is 1. The third kappa shape index (κ3) is 4.59. The Morgan fingerprint density at radius 2 is 1.90 bits per heavy atom. The van der Waals surface area contributed by atoms with Gasteiger partial charge in [-0.1, -0.05) is 55.5 Å². The van der Waals surface area contributed by atoms with Crippen molar-refractivity contribution in [1.82, 2.24) is 9.88 Å². The van der Waals surface area contributed by atoms with Crippen LogP contribution in [0.3, 0.4) is 0 Å². The van der Waals surface area contributed by atoms with Gasteiger partial charge in [-0.2, -0.15) is 0 Å². The van der Waals surface area contributed by atoms with Crippen molar-refractivity contribution in [3.05, 3.63) is 47.0 Å². The van der Waals surface area contributed by atoms with Crippen LogP contribution in [0.25, 0.3) is 0 Å². The van der Waals surface area contributed by atoms with Gasteiger partial charge in [0.1, 0.15) is 0 Å². The molecule has 0 aliphatic heterocycles. The average molecular weight is 289 g/mol. The van der Waals surface area contributed by atoms with Crippen LogP contribution in [0, 0.1) is 0 Å². The number of rotatable bonds is 4. The average Bonchev–Trinajstić information content (AvgIpc) is 2.96. The summed E-state index contributed by atoms with van der Waals surface area (Å²) in [5, 5.41) is 0.586. The van der Waals surface area contributed by atoms with Gasteiger partial charge in [-0.25, -0.2) is 9.98 Å². The van der Waals surface area contributed by atoms with Gasteiger partial charge in [0.2, 0.25) is 10.9 Å². The van der Waals surface area contributed by atoms with E-state index in [-0.39, 0.29) is 5.78 Å². The highest BCUT2D eigenvalue weighted by atomic mass is 32.1. The number of benzene rings is 1. The summed E-state index contributed by atoms with van der Waals surface area (Å²) in [5.41, 5.74) is 0.671. The molecule has 1 heterocycles. The Morgan fingerprint density at radius 3 is 2.50 bits per heavy atom. The van der Waals surface area contributed by atoms with Gasteiger partial charge in [0.25, 0.3) is 0 Å². The van der Waals surface area contributed by atoms with Gasteiger partial charge in [-0.15, -0.1) is 0 Å². The van der Waals surface area contributed by atoms with E-state index in [0.29, 0.717) is 15.6 Å². The number of thiazole rings is 1. The normalized spacial score (nSPS) is 10.0. The van der Waals surface area contributed by atoms with Gasteiger partial charge in [0.05, 0.1) is 17.4 Å². The summed E-state index contributed by atoms with van der Waals surface area (Å²) in [6, 6.07) is 9.17. The minimum Gasteiger partial charge on any atom is -0.369 e. The summed E-state index contributed by atoms with van der Waals surface area (Å²) in [5.74, 6) is -0.0144. The van der Waals surface area contributed by atoms with Crippen molar-refractivity contribution < 1.29 is 4.79 Å². The molecule has 2 rings (SSSR count). The molecular weight excluding hydrogens is 270 g/mol. The summed E-state index contributed by atoms with van der Waals surface area (Å²) in [7, 11) is 3.76. The zero-order chi connectivity index (χ0) is 15.0. The quantitative estimate of drug-likeness (QED) is 0.490. The van der Waals surface area contributed by atoms with Crippen LogP contribution in [0.4, 0.5) is 5.13 Å². The Balaban J connectivity index is 0.000000956. The summed E-state index contributed by atoms with van der Waals surface area (Å²) in [4.78, 5) is 22.8. The van der Waals surface area contributed by atoms with Crippen LogP contribution < -0.4 is 0 Å². The molecule has 1 aromatic heterocycles. The molecule has 20 heavy (non-hydrogen) atoms. The maximum absolute atomic E-state index is 12.1. The van der Waals surface area contributed by atoms with Crippen LogP contribution in [0.1, 0.15) is 29.1 Å². The molecular formula is C15H19N3OS. The summed E-state index contributed by atoms with van der Waals surface area (Å²) >= 11 is 1.29. The Bertz CT molecular complexity index is 562. The van der Waals surface area contributed by atoms with Crippen molar-refractivity contribution >= 4 is 28.6 Å². The molecule has 5 heteroatoms. The second-order valence-electron chi connectivity index (χ2n) is 3.91. The van der Waals surface area contributed by atoms with Gasteiger partial charge in [0, 0.05) is 19.7 Å². The Morgan fingerprint density at radius 1 is 1.25 bits per heavy atom. The molecule has 0 bridgehead atoms. The SMILES string of the molecule is CC.CN(C)C=Nc1ncc(C(=O)c2ccccc2)s1. The molecule has 2 aromatic rings. The molecule has 1 aromatic carbocycles. The summed E-state index contributed by atoms with van der Waals surface area (Å²) < 4.78 is 0. The highest BCUT2D eigenvalue weighted by Gasteiger charge is 2.11. The van der Waals surface area contributed by atoms with Crippen molar-refractivity contribution in [3.63, 3.8) is 0 Å². The molecule has 0 spiro atoms. The second-order valence-corrected chi connectivity index (χ2v) is 4.92. The number of aromatic nitrogens is 1. The molecule has 0 atom stereocenters. The fourth-order valence-electron chi connectivity index (χ4n) is 1.33. The van der Waals surface area contributed by atoms with E-state index >= 15 is 0 Å². The molecule has 0 amide bonds. The zero-order valence-corrected chi connectivity index (χ0v) is 13.0. The molecule has 0 saturated carbocycles. The smallest absolute Gasteiger partial charge is 0.211 e. The fraction of sp³-hybridized carbons (Fsp3) is 0.267. The second kappa shape index (κ2) is 8.22. The number of hydrogen-bond acceptors (Lipinski definition) is 4. The number of hydrogen-bond donors (Lipinski definition) is 0. The summed E-state index contributed by atoms with van der Waals surface area (Å²) in [6.07, 6.45) is 3.23. The van der Waals surface area contributed by atoms with E-state index < -0.39 is 0 Å². The van der Waals surface area contributed by atoms with Gasteiger partial charge < -0.3 is 4.90 Å². The number of aliphatic imine (C=N–C) groups is 1. The molecule has 4 nitrogen and oxygen atoms in total. The third-order valence-electron chi connectivity index (χ3n) is 2.15. The lowest BCUT2D eigenvalue weighted by Gasteiger charge is -1.99. The maximum Gasteiger partial charge on any atom is 0.211 e. The minimum atomic E-state index is -0.0144. The van der Waals surface area contributed by atoms with Crippen LogP contribution in [0.2, 0.25) is 0 Å². The van der Waals surface area contributed by atoms with Gasteiger partial charge >= 0.3 is 0 Å². The first-order chi connectivity index (χ1) is 9.66. The van der Waals surface area contributed by atoms with Crippen molar-refractivity contribution in [3.8, 4) is 0 Å². The van der Waals surface area contributed by atoms with Crippen molar-refractivity contribution in [1.29, 1.82) is 0 Å². The first-order valence-electron chi connectivity index (χ1n) is 6.43. The molecule has 0 unspecified atom stereocenters.